The molecule has 1 aromatic rings. The summed E-state index contributed by atoms with van der Waals surface area (Å²) in [6, 6.07) is 5.46. The molecular formula is C11H13NO5. The molecule has 0 saturated heterocycles. The molecule has 1 rings (SSSR count). The number of rotatable bonds is 5. The van der Waals surface area contributed by atoms with Crippen LogP contribution in [0.5, 0.6) is 0 Å². The van der Waals surface area contributed by atoms with E-state index in [1.165, 1.54) is 24.3 Å². The average Bonchev–Trinajstić information content (AvgIpc) is 2.29. The molecule has 0 aliphatic rings. The summed E-state index contributed by atoms with van der Waals surface area (Å²) in [5.41, 5.74) is -1.35. The van der Waals surface area contributed by atoms with Crippen molar-refractivity contribution in [1.82, 2.24) is 0 Å². The Morgan fingerprint density at radius 2 is 1.94 bits per heavy atom. The molecule has 1 atom stereocenters. The Hall–Kier alpha value is -1.95. The van der Waals surface area contributed by atoms with Gasteiger partial charge in [-0.25, -0.2) is 4.79 Å². The molecule has 0 amide bonds. The highest BCUT2D eigenvalue weighted by Gasteiger charge is 2.33. The summed E-state index contributed by atoms with van der Waals surface area (Å²) >= 11 is 0. The van der Waals surface area contributed by atoms with Crippen molar-refractivity contribution < 1.29 is 19.9 Å². The summed E-state index contributed by atoms with van der Waals surface area (Å²) in [6.07, 6.45) is -0.00382. The molecule has 0 fully saturated rings. The number of carboxylic acids is 1. The molecule has 0 aliphatic carbocycles. The number of benzene rings is 1. The summed E-state index contributed by atoms with van der Waals surface area (Å²) in [5, 5.41) is 29.1. The highest BCUT2D eigenvalue weighted by atomic mass is 16.6. The van der Waals surface area contributed by atoms with Crippen LogP contribution in [0.15, 0.2) is 24.3 Å². The first kappa shape index (κ1) is 13.1. The van der Waals surface area contributed by atoms with Gasteiger partial charge in [-0.05, 0) is 12.0 Å². The minimum atomic E-state index is -1.82. The first-order chi connectivity index (χ1) is 7.89. The molecule has 0 bridgehead atoms. The minimum absolute atomic E-state index is 0.0656. The number of nitrogens with zero attached hydrogens (tertiary/aromatic N) is 1. The topological polar surface area (TPSA) is 101 Å². The van der Waals surface area contributed by atoms with E-state index in [9.17, 15) is 20.0 Å². The number of hydrogen-bond acceptors (Lipinski definition) is 4. The van der Waals surface area contributed by atoms with E-state index in [0.717, 1.165) is 0 Å². The maximum Gasteiger partial charge on any atom is 0.336 e. The third-order valence-electron chi connectivity index (χ3n) is 2.63. The lowest BCUT2D eigenvalue weighted by atomic mass is 9.92. The zero-order chi connectivity index (χ0) is 13.1. The van der Waals surface area contributed by atoms with Gasteiger partial charge in [0.05, 0.1) is 4.92 Å². The van der Waals surface area contributed by atoms with Crippen LogP contribution in [0.1, 0.15) is 18.9 Å². The van der Waals surface area contributed by atoms with Crippen LogP contribution in [0.2, 0.25) is 0 Å². The Balaban J connectivity index is 2.88. The fourth-order valence-corrected chi connectivity index (χ4v) is 1.43. The SMILES string of the molecule is CCC(O)(Cc1ccc([N+](=O)[O-])cc1)C(=O)O. The Labute approximate surface area is 97.7 Å². The van der Waals surface area contributed by atoms with Crippen LogP contribution in [-0.2, 0) is 11.2 Å². The second kappa shape index (κ2) is 4.92. The van der Waals surface area contributed by atoms with Gasteiger partial charge < -0.3 is 10.2 Å². The van der Waals surface area contributed by atoms with E-state index in [2.05, 4.69) is 0 Å². The molecule has 92 valence electrons. The number of aliphatic carboxylic acids is 1. The van der Waals surface area contributed by atoms with Gasteiger partial charge in [0.25, 0.3) is 5.69 Å². The normalized spacial score (nSPS) is 14.0. The first-order valence-electron chi connectivity index (χ1n) is 5.08. The number of non-ortho nitro benzene ring substituents is 1. The lowest BCUT2D eigenvalue weighted by Crippen LogP contribution is -2.40. The fourth-order valence-electron chi connectivity index (χ4n) is 1.43. The van der Waals surface area contributed by atoms with Crippen LogP contribution in [0.4, 0.5) is 5.69 Å². The lowest BCUT2D eigenvalue weighted by Gasteiger charge is -2.21. The number of nitro groups is 1. The number of aliphatic hydroxyl groups is 1. The van der Waals surface area contributed by atoms with E-state index in [1.807, 2.05) is 0 Å². The molecule has 0 saturated carbocycles. The number of carbonyl (C=O) groups is 1. The molecular weight excluding hydrogens is 226 g/mol. The zero-order valence-electron chi connectivity index (χ0n) is 9.29. The minimum Gasteiger partial charge on any atom is -0.479 e. The van der Waals surface area contributed by atoms with E-state index in [4.69, 9.17) is 5.11 Å². The van der Waals surface area contributed by atoms with E-state index >= 15 is 0 Å². The van der Waals surface area contributed by atoms with Crippen molar-refractivity contribution in [2.75, 3.05) is 0 Å². The predicted octanol–water partition coefficient (Wildman–Crippen LogP) is 1.36. The highest BCUT2D eigenvalue weighted by Crippen LogP contribution is 2.20. The van der Waals surface area contributed by atoms with Crippen molar-refractivity contribution in [1.29, 1.82) is 0 Å². The van der Waals surface area contributed by atoms with Crippen molar-refractivity contribution in [3.8, 4) is 0 Å². The molecule has 2 N–H and O–H groups in total. The zero-order valence-corrected chi connectivity index (χ0v) is 9.29. The summed E-state index contributed by atoms with van der Waals surface area (Å²) in [5.74, 6) is -1.29. The van der Waals surface area contributed by atoms with E-state index < -0.39 is 16.5 Å². The standard InChI is InChI=1S/C11H13NO5/c1-2-11(15,10(13)14)7-8-3-5-9(6-4-8)12(16)17/h3-6,15H,2,7H2,1H3,(H,13,14). The lowest BCUT2D eigenvalue weighted by molar-refractivity contribution is -0.384. The fraction of sp³-hybridized carbons (Fsp3) is 0.364. The number of hydrogen-bond donors (Lipinski definition) is 2. The summed E-state index contributed by atoms with van der Waals surface area (Å²) in [4.78, 5) is 20.8. The Morgan fingerprint density at radius 3 is 2.29 bits per heavy atom. The average molecular weight is 239 g/mol. The quantitative estimate of drug-likeness (QED) is 0.596. The first-order valence-corrected chi connectivity index (χ1v) is 5.08. The van der Waals surface area contributed by atoms with Crippen molar-refractivity contribution in [3.05, 3.63) is 39.9 Å². The van der Waals surface area contributed by atoms with E-state index in [0.29, 0.717) is 5.56 Å². The van der Waals surface area contributed by atoms with Gasteiger partial charge in [0.2, 0.25) is 0 Å². The van der Waals surface area contributed by atoms with Gasteiger partial charge in [0.15, 0.2) is 5.60 Å². The smallest absolute Gasteiger partial charge is 0.336 e. The van der Waals surface area contributed by atoms with Crippen LogP contribution in [-0.4, -0.2) is 26.7 Å². The molecule has 0 spiro atoms. The second-order valence-electron chi connectivity index (χ2n) is 3.79. The molecule has 0 heterocycles. The highest BCUT2D eigenvalue weighted by molar-refractivity contribution is 5.77. The predicted molar refractivity (Wildman–Crippen MR) is 59.7 cm³/mol. The maximum absolute atomic E-state index is 10.9. The van der Waals surface area contributed by atoms with Crippen molar-refractivity contribution in [2.24, 2.45) is 0 Å². The largest absolute Gasteiger partial charge is 0.479 e. The number of carboxylic acid groups (broad SMARTS) is 1. The summed E-state index contributed by atoms with van der Waals surface area (Å²) in [7, 11) is 0. The Kier molecular flexibility index (Phi) is 3.80. The van der Waals surface area contributed by atoms with Crippen LogP contribution >= 0.6 is 0 Å². The van der Waals surface area contributed by atoms with Gasteiger partial charge >= 0.3 is 5.97 Å². The van der Waals surface area contributed by atoms with Crippen LogP contribution in [0, 0.1) is 10.1 Å². The molecule has 1 unspecified atom stereocenters. The molecule has 6 heteroatoms. The molecule has 6 nitrogen and oxygen atoms in total. The third kappa shape index (κ3) is 3.01. The summed E-state index contributed by atoms with van der Waals surface area (Å²) in [6.45, 7) is 1.57. The van der Waals surface area contributed by atoms with Crippen molar-refractivity contribution in [3.63, 3.8) is 0 Å². The molecule has 0 aromatic heterocycles. The van der Waals surface area contributed by atoms with Crippen LogP contribution in [0.3, 0.4) is 0 Å². The molecule has 17 heavy (non-hydrogen) atoms. The second-order valence-corrected chi connectivity index (χ2v) is 3.79. The maximum atomic E-state index is 10.9. The van der Waals surface area contributed by atoms with Gasteiger partial charge in [0, 0.05) is 18.6 Å². The number of nitro benzene ring substituents is 1. The van der Waals surface area contributed by atoms with Gasteiger partial charge in [-0.15, -0.1) is 0 Å². The van der Waals surface area contributed by atoms with Crippen LogP contribution in [0.25, 0.3) is 0 Å². The van der Waals surface area contributed by atoms with E-state index in [-0.39, 0.29) is 18.5 Å². The van der Waals surface area contributed by atoms with Crippen molar-refractivity contribution in [2.45, 2.75) is 25.4 Å². The molecule has 0 radical (unpaired) electrons. The Morgan fingerprint density at radius 1 is 1.41 bits per heavy atom. The molecule has 0 aliphatic heterocycles. The van der Waals surface area contributed by atoms with Gasteiger partial charge in [-0.1, -0.05) is 19.1 Å². The van der Waals surface area contributed by atoms with Gasteiger partial charge in [0.1, 0.15) is 0 Å². The molecule has 1 aromatic carbocycles. The van der Waals surface area contributed by atoms with Gasteiger partial charge in [-0.3, -0.25) is 10.1 Å². The monoisotopic (exact) mass is 239 g/mol. The Bertz CT molecular complexity index is 428. The van der Waals surface area contributed by atoms with Gasteiger partial charge in [-0.2, -0.15) is 0 Å². The van der Waals surface area contributed by atoms with Crippen LogP contribution < -0.4 is 0 Å². The third-order valence-corrected chi connectivity index (χ3v) is 2.63. The van der Waals surface area contributed by atoms with Crippen molar-refractivity contribution >= 4 is 11.7 Å². The van der Waals surface area contributed by atoms with E-state index in [1.54, 1.807) is 6.92 Å². The summed E-state index contributed by atoms with van der Waals surface area (Å²) < 4.78 is 0.